The van der Waals surface area contributed by atoms with Gasteiger partial charge < -0.3 is 10.2 Å². The van der Waals surface area contributed by atoms with Crippen LogP contribution in [0.15, 0.2) is 17.2 Å². The van der Waals surface area contributed by atoms with Crippen molar-refractivity contribution in [3.63, 3.8) is 0 Å². The first kappa shape index (κ1) is 22.3. The first-order chi connectivity index (χ1) is 15.1. The number of carbonyl (C=O) groups excluding carboxylic acids is 2. The number of benzene rings is 1. The number of fused-ring (bicyclic) bond motifs is 2. The summed E-state index contributed by atoms with van der Waals surface area (Å²) in [5, 5.41) is 6.39. The van der Waals surface area contributed by atoms with Gasteiger partial charge in [0.1, 0.15) is 5.69 Å². The first-order valence-corrected chi connectivity index (χ1v) is 12.4. The van der Waals surface area contributed by atoms with Crippen molar-refractivity contribution in [1.82, 2.24) is 19.4 Å². The number of nitrogens with zero attached hydrogens (tertiary/aromatic N) is 3. The fourth-order valence-corrected chi connectivity index (χ4v) is 5.36. The molecule has 0 bridgehead atoms. The molecule has 0 fully saturated rings. The van der Waals surface area contributed by atoms with E-state index in [4.69, 9.17) is 0 Å². The van der Waals surface area contributed by atoms with Crippen molar-refractivity contribution in [2.45, 2.75) is 63.4 Å². The number of anilines is 1. The van der Waals surface area contributed by atoms with E-state index < -0.39 is 16.1 Å². The molecular formula is C22H29N5O4S. The van der Waals surface area contributed by atoms with E-state index in [1.165, 1.54) is 33.8 Å². The van der Waals surface area contributed by atoms with Crippen LogP contribution in [-0.4, -0.2) is 48.1 Å². The van der Waals surface area contributed by atoms with Crippen LogP contribution in [-0.2, 0) is 42.8 Å². The Balaban J connectivity index is 1.55. The smallest absolute Gasteiger partial charge is 0.333 e. The Morgan fingerprint density at radius 2 is 1.66 bits per heavy atom. The average molecular weight is 460 g/mol. The van der Waals surface area contributed by atoms with E-state index in [1.54, 1.807) is 7.05 Å². The SMILES string of the molecule is CC(C)N(C)C(=O)c1cc(S(=O)(=O)NC(=O)Nc2c3c(cc4c2CCC4)CCC3)nn1C. The summed E-state index contributed by atoms with van der Waals surface area (Å²) >= 11 is 0. The number of urea groups is 1. The standard InChI is InChI=1S/C22H29N5O4S/c1-13(2)26(3)21(28)18-12-19(24-27(18)4)32(30,31)25-22(29)23-20-16-9-5-7-14(16)11-15-8-6-10-17(15)20/h11-13H,5-10H2,1-4H3,(H2,23,25,29). The summed E-state index contributed by atoms with van der Waals surface area (Å²) in [7, 11) is -1.12. The van der Waals surface area contributed by atoms with Crippen LogP contribution in [0.4, 0.5) is 10.5 Å². The third-order valence-electron chi connectivity index (χ3n) is 6.39. The molecule has 2 aliphatic carbocycles. The Hall–Kier alpha value is -2.88. The molecule has 172 valence electrons. The molecule has 0 saturated heterocycles. The highest BCUT2D eigenvalue weighted by atomic mass is 32.2. The number of hydrogen-bond donors (Lipinski definition) is 2. The maximum atomic E-state index is 12.8. The molecule has 4 rings (SSSR count). The zero-order chi connectivity index (χ0) is 23.2. The number of rotatable bonds is 5. The monoisotopic (exact) mass is 459 g/mol. The Bertz CT molecular complexity index is 1170. The summed E-state index contributed by atoms with van der Waals surface area (Å²) in [6.07, 6.45) is 5.77. The minimum atomic E-state index is -4.25. The fourth-order valence-electron chi connectivity index (χ4n) is 4.47. The van der Waals surface area contributed by atoms with Crippen LogP contribution in [0.3, 0.4) is 0 Å². The van der Waals surface area contributed by atoms with Crippen LogP contribution < -0.4 is 10.0 Å². The van der Waals surface area contributed by atoms with Crippen molar-refractivity contribution >= 4 is 27.6 Å². The molecule has 3 amide bonds. The molecule has 1 aromatic carbocycles. The van der Waals surface area contributed by atoms with Gasteiger partial charge in [-0.05, 0) is 74.6 Å². The van der Waals surface area contributed by atoms with E-state index in [1.807, 2.05) is 13.8 Å². The van der Waals surface area contributed by atoms with Crippen LogP contribution >= 0.6 is 0 Å². The predicted molar refractivity (Wildman–Crippen MR) is 120 cm³/mol. The molecule has 0 atom stereocenters. The maximum Gasteiger partial charge on any atom is 0.333 e. The molecule has 1 heterocycles. The summed E-state index contributed by atoms with van der Waals surface area (Å²) < 4.78 is 28.9. The molecule has 0 saturated carbocycles. The summed E-state index contributed by atoms with van der Waals surface area (Å²) in [6, 6.07) is 2.55. The second-order valence-corrected chi connectivity index (χ2v) is 10.4. The Kier molecular flexibility index (Phi) is 5.74. The van der Waals surface area contributed by atoms with Crippen molar-refractivity contribution < 1.29 is 18.0 Å². The lowest BCUT2D eigenvalue weighted by atomic mass is 9.99. The number of hydrogen-bond acceptors (Lipinski definition) is 5. The number of sulfonamides is 1. The van der Waals surface area contributed by atoms with Crippen LogP contribution in [0.2, 0.25) is 0 Å². The number of aryl methyl sites for hydroxylation is 3. The van der Waals surface area contributed by atoms with Crippen LogP contribution in [0.5, 0.6) is 0 Å². The van der Waals surface area contributed by atoms with Crippen molar-refractivity contribution in [2.24, 2.45) is 7.05 Å². The molecule has 9 nitrogen and oxygen atoms in total. The first-order valence-electron chi connectivity index (χ1n) is 10.9. The van der Waals surface area contributed by atoms with Gasteiger partial charge in [-0.3, -0.25) is 9.48 Å². The molecule has 0 aliphatic heterocycles. The van der Waals surface area contributed by atoms with Gasteiger partial charge in [-0.1, -0.05) is 6.07 Å². The van der Waals surface area contributed by atoms with Gasteiger partial charge in [0.05, 0.1) is 0 Å². The van der Waals surface area contributed by atoms with E-state index in [0.29, 0.717) is 0 Å². The van der Waals surface area contributed by atoms with E-state index in [2.05, 4.69) is 21.2 Å². The van der Waals surface area contributed by atoms with Crippen molar-refractivity contribution in [3.8, 4) is 0 Å². The maximum absolute atomic E-state index is 12.8. The Morgan fingerprint density at radius 1 is 1.06 bits per heavy atom. The third-order valence-corrected chi connectivity index (χ3v) is 7.59. The molecule has 0 unspecified atom stereocenters. The lowest BCUT2D eigenvalue weighted by molar-refractivity contribution is 0.0744. The van der Waals surface area contributed by atoms with Gasteiger partial charge in [0.15, 0.2) is 5.03 Å². The summed E-state index contributed by atoms with van der Waals surface area (Å²) in [5.74, 6) is -0.351. The largest absolute Gasteiger partial charge is 0.338 e. The molecule has 32 heavy (non-hydrogen) atoms. The van der Waals surface area contributed by atoms with Gasteiger partial charge in [-0.2, -0.15) is 13.5 Å². The minimum Gasteiger partial charge on any atom is -0.338 e. The third kappa shape index (κ3) is 3.99. The van der Waals surface area contributed by atoms with Gasteiger partial charge in [0.25, 0.3) is 15.9 Å². The molecule has 2 aromatic rings. The van der Waals surface area contributed by atoms with Crippen molar-refractivity contribution in [3.05, 3.63) is 40.1 Å². The van der Waals surface area contributed by atoms with Gasteiger partial charge in [-0.15, -0.1) is 0 Å². The summed E-state index contributed by atoms with van der Waals surface area (Å²) in [6.45, 7) is 3.71. The van der Waals surface area contributed by atoms with Crippen molar-refractivity contribution in [1.29, 1.82) is 0 Å². The van der Waals surface area contributed by atoms with Gasteiger partial charge >= 0.3 is 6.03 Å². The highest BCUT2D eigenvalue weighted by Gasteiger charge is 2.29. The van der Waals surface area contributed by atoms with Crippen LogP contribution in [0, 0.1) is 0 Å². The van der Waals surface area contributed by atoms with Gasteiger partial charge in [0.2, 0.25) is 0 Å². The normalized spacial score (nSPS) is 14.9. The van der Waals surface area contributed by atoms with Crippen molar-refractivity contribution in [2.75, 3.05) is 12.4 Å². The highest BCUT2D eigenvalue weighted by Crippen LogP contribution is 2.38. The predicted octanol–water partition coefficient (Wildman–Crippen LogP) is 2.39. The Morgan fingerprint density at radius 3 is 2.22 bits per heavy atom. The lowest BCUT2D eigenvalue weighted by Gasteiger charge is -2.21. The molecule has 0 spiro atoms. The molecular weight excluding hydrogens is 430 g/mol. The molecule has 2 N–H and O–H groups in total. The van der Waals surface area contributed by atoms with Gasteiger partial charge in [0, 0.05) is 31.9 Å². The second kappa shape index (κ2) is 8.23. The molecule has 10 heteroatoms. The quantitative estimate of drug-likeness (QED) is 0.713. The van der Waals surface area contributed by atoms with Crippen LogP contribution in [0.25, 0.3) is 0 Å². The van der Waals surface area contributed by atoms with E-state index in [-0.39, 0.29) is 22.7 Å². The number of amides is 3. The summed E-state index contributed by atoms with van der Waals surface area (Å²) in [4.78, 5) is 26.8. The topological polar surface area (TPSA) is 113 Å². The van der Waals surface area contributed by atoms with E-state index in [9.17, 15) is 18.0 Å². The van der Waals surface area contributed by atoms with E-state index >= 15 is 0 Å². The van der Waals surface area contributed by atoms with Crippen LogP contribution in [0.1, 0.15) is 59.4 Å². The molecule has 2 aliphatic rings. The number of aromatic nitrogens is 2. The fraction of sp³-hybridized carbons (Fsp3) is 0.500. The molecule has 1 aromatic heterocycles. The zero-order valence-electron chi connectivity index (χ0n) is 18.9. The Labute approximate surface area is 188 Å². The van der Waals surface area contributed by atoms with Gasteiger partial charge in [-0.25, -0.2) is 9.52 Å². The number of nitrogens with one attached hydrogen (secondary N) is 2. The lowest BCUT2D eigenvalue weighted by Crippen LogP contribution is -2.35. The average Bonchev–Trinajstić information content (AvgIpc) is 3.45. The number of carbonyl (C=O) groups is 2. The zero-order valence-corrected chi connectivity index (χ0v) is 19.7. The van der Waals surface area contributed by atoms with E-state index in [0.717, 1.165) is 55.3 Å². The highest BCUT2D eigenvalue weighted by molar-refractivity contribution is 7.90. The second-order valence-electron chi connectivity index (χ2n) is 8.79. The molecule has 0 radical (unpaired) electrons. The minimum absolute atomic E-state index is 0.0595. The summed E-state index contributed by atoms with van der Waals surface area (Å²) in [5.41, 5.74) is 5.59.